The Morgan fingerprint density at radius 1 is 1.36 bits per heavy atom. The number of aryl methyl sites for hydroxylation is 1. The molecule has 1 aromatic heterocycles. The molecule has 1 heterocycles. The number of hydrogen-bond acceptors (Lipinski definition) is 5. The van der Waals surface area contributed by atoms with Gasteiger partial charge in [0.25, 0.3) is 5.69 Å². The molecule has 0 unspecified atom stereocenters. The number of nitro benzene ring substituents is 1. The van der Waals surface area contributed by atoms with Crippen LogP contribution in [-0.2, 0) is 6.42 Å². The second-order valence-corrected chi connectivity index (χ2v) is 6.76. The van der Waals surface area contributed by atoms with Crippen LogP contribution in [0.1, 0.15) is 32.7 Å². The van der Waals surface area contributed by atoms with E-state index in [1.807, 2.05) is 0 Å². The second-order valence-electron chi connectivity index (χ2n) is 5.06. The van der Waals surface area contributed by atoms with Gasteiger partial charge in [0.15, 0.2) is 5.78 Å². The molecule has 1 N–H and O–H groups in total. The van der Waals surface area contributed by atoms with E-state index in [9.17, 15) is 20.0 Å². The van der Waals surface area contributed by atoms with Gasteiger partial charge < -0.3 is 9.52 Å². The van der Waals surface area contributed by atoms with E-state index in [2.05, 4.69) is 31.9 Å². The Morgan fingerprint density at radius 2 is 2.00 bits per heavy atom. The highest BCUT2D eigenvalue weighted by Gasteiger charge is 2.23. The molecular formula is C17H11Br2NO5. The molecule has 0 saturated carbocycles. The number of phenolic OH excluding ortho intramolecular Hbond substituents is 1. The smallest absolute Gasteiger partial charge is 0.273 e. The van der Waals surface area contributed by atoms with Crippen molar-refractivity contribution < 1.29 is 23.4 Å². The first kappa shape index (κ1) is 14.0. The lowest BCUT2D eigenvalue weighted by Gasteiger charge is -2.06. The summed E-state index contributed by atoms with van der Waals surface area (Å²) >= 11 is 6.30. The standard InChI is InChI=1S/C17H11Br2NO5/c1-2-13-15(10-4-3-9(20(23)24)7-14(10)25-13)16(21)8-5-11(18)17(22)12(19)6-8/h3-7,22H,2H2,1H3/i3D,4D,7D. The van der Waals surface area contributed by atoms with E-state index in [0.29, 0.717) is 0 Å². The van der Waals surface area contributed by atoms with Crippen molar-refractivity contribution in [2.75, 3.05) is 0 Å². The van der Waals surface area contributed by atoms with Gasteiger partial charge in [-0.2, -0.15) is 0 Å². The molecule has 0 fully saturated rings. The predicted molar refractivity (Wildman–Crippen MR) is 99.2 cm³/mol. The lowest BCUT2D eigenvalue weighted by molar-refractivity contribution is -0.384. The second kappa shape index (κ2) is 6.61. The summed E-state index contributed by atoms with van der Waals surface area (Å²) in [4.78, 5) is 23.5. The van der Waals surface area contributed by atoms with Gasteiger partial charge in [-0.25, -0.2) is 0 Å². The van der Waals surface area contributed by atoms with Crippen molar-refractivity contribution in [2.24, 2.45) is 0 Å². The number of hydrogen-bond donors (Lipinski definition) is 1. The lowest BCUT2D eigenvalue weighted by atomic mass is 9.99. The molecule has 3 rings (SSSR count). The molecule has 0 radical (unpaired) electrons. The van der Waals surface area contributed by atoms with E-state index in [-0.39, 0.29) is 49.0 Å². The fourth-order valence-electron chi connectivity index (χ4n) is 2.37. The fraction of sp³-hybridized carbons (Fsp3) is 0.118. The van der Waals surface area contributed by atoms with Crippen LogP contribution in [0.4, 0.5) is 5.69 Å². The highest BCUT2D eigenvalue weighted by atomic mass is 79.9. The normalized spacial score (nSPS) is 12.7. The van der Waals surface area contributed by atoms with Gasteiger partial charge in [-0.3, -0.25) is 14.9 Å². The largest absolute Gasteiger partial charge is 0.506 e. The number of nitro groups is 1. The van der Waals surface area contributed by atoms with Crippen LogP contribution >= 0.6 is 31.9 Å². The first-order valence-electron chi connectivity index (χ1n) is 8.52. The Balaban J connectivity index is 2.38. The molecule has 0 bridgehead atoms. The van der Waals surface area contributed by atoms with Gasteiger partial charge in [-0.1, -0.05) is 6.92 Å². The molecule has 0 aliphatic heterocycles. The van der Waals surface area contributed by atoms with Crippen molar-refractivity contribution in [3.63, 3.8) is 0 Å². The van der Waals surface area contributed by atoms with Crippen LogP contribution < -0.4 is 0 Å². The van der Waals surface area contributed by atoms with Crippen LogP contribution in [0.3, 0.4) is 0 Å². The summed E-state index contributed by atoms with van der Waals surface area (Å²) in [5.41, 5.74) is -0.985. The van der Waals surface area contributed by atoms with Crippen LogP contribution in [-0.4, -0.2) is 15.8 Å². The third-order valence-corrected chi connectivity index (χ3v) is 4.74. The van der Waals surface area contributed by atoms with Gasteiger partial charge in [0.1, 0.15) is 17.1 Å². The van der Waals surface area contributed by atoms with Crippen LogP contribution in [0.5, 0.6) is 5.75 Å². The summed E-state index contributed by atoms with van der Waals surface area (Å²) in [5.74, 6) is -0.497. The zero-order chi connectivity index (χ0) is 20.9. The van der Waals surface area contributed by atoms with Crippen LogP contribution in [0, 0.1) is 10.1 Å². The van der Waals surface area contributed by atoms with Crippen LogP contribution in [0.25, 0.3) is 11.0 Å². The van der Waals surface area contributed by atoms with Crippen molar-refractivity contribution in [1.82, 2.24) is 0 Å². The number of nitrogens with zero attached hydrogens (tertiary/aromatic N) is 1. The third kappa shape index (κ3) is 3.07. The monoisotopic (exact) mass is 470 g/mol. The maximum atomic E-state index is 13.2. The minimum absolute atomic E-state index is 0.0242. The van der Waals surface area contributed by atoms with Crippen molar-refractivity contribution in [3.8, 4) is 5.75 Å². The van der Waals surface area contributed by atoms with E-state index in [0.717, 1.165) is 0 Å². The quantitative estimate of drug-likeness (QED) is 0.314. The molecule has 6 nitrogen and oxygen atoms in total. The zero-order valence-corrected chi connectivity index (χ0v) is 15.8. The number of halogens is 2. The van der Waals surface area contributed by atoms with E-state index < -0.39 is 34.5 Å². The molecule has 3 aromatic rings. The Morgan fingerprint density at radius 3 is 2.56 bits per heavy atom. The van der Waals surface area contributed by atoms with E-state index in [1.54, 1.807) is 6.92 Å². The van der Waals surface area contributed by atoms with Crippen LogP contribution in [0.15, 0.2) is 43.6 Å². The lowest BCUT2D eigenvalue weighted by Crippen LogP contribution is -2.04. The van der Waals surface area contributed by atoms with Gasteiger partial charge in [0, 0.05) is 23.4 Å². The number of aromatic hydroxyl groups is 1. The molecule has 0 aliphatic rings. The molecule has 128 valence electrons. The maximum Gasteiger partial charge on any atom is 0.273 e. The van der Waals surface area contributed by atoms with Crippen molar-refractivity contribution in [1.29, 1.82) is 0 Å². The SMILES string of the molecule is [2H]c1c([N+](=O)[O-])c([2H])c2oc(CC)c(C(=O)c3cc(Br)c(O)c(Br)c3)c2c1[2H]. The van der Waals surface area contributed by atoms with Crippen molar-refractivity contribution >= 4 is 54.3 Å². The molecule has 0 aliphatic carbocycles. The van der Waals surface area contributed by atoms with Crippen molar-refractivity contribution in [3.05, 3.63) is 66.2 Å². The zero-order valence-electron chi connectivity index (χ0n) is 15.6. The molecule has 25 heavy (non-hydrogen) atoms. The van der Waals surface area contributed by atoms with E-state index >= 15 is 0 Å². The number of furan rings is 1. The number of carbonyl (C=O) groups is 1. The molecule has 2 aromatic carbocycles. The predicted octanol–water partition coefficient (Wildman–Crippen LogP) is 5.37. The summed E-state index contributed by atoms with van der Waals surface area (Å²) in [6.07, 6.45) is 0.232. The van der Waals surface area contributed by atoms with E-state index in [1.165, 1.54) is 12.1 Å². The van der Waals surface area contributed by atoms with Crippen molar-refractivity contribution in [2.45, 2.75) is 13.3 Å². The van der Waals surface area contributed by atoms with Gasteiger partial charge in [-0.15, -0.1) is 0 Å². The number of benzene rings is 2. The van der Waals surface area contributed by atoms with Gasteiger partial charge in [0.2, 0.25) is 0 Å². The highest BCUT2D eigenvalue weighted by molar-refractivity contribution is 9.11. The summed E-state index contributed by atoms with van der Waals surface area (Å²) in [5, 5.41) is 20.9. The first-order chi connectivity index (χ1) is 13.1. The summed E-state index contributed by atoms with van der Waals surface area (Å²) in [7, 11) is 0. The molecular weight excluding hydrogens is 458 g/mol. The summed E-state index contributed by atoms with van der Waals surface area (Å²) < 4.78 is 30.2. The molecule has 0 atom stereocenters. The third-order valence-electron chi connectivity index (χ3n) is 3.53. The minimum atomic E-state index is -0.911. The van der Waals surface area contributed by atoms with Gasteiger partial charge >= 0.3 is 0 Å². The average molecular weight is 472 g/mol. The van der Waals surface area contributed by atoms with E-state index in [4.69, 9.17) is 8.53 Å². The summed E-state index contributed by atoms with van der Waals surface area (Å²) in [6.45, 7) is 1.69. The number of ketones is 1. The first-order valence-corrected chi connectivity index (χ1v) is 8.60. The fourth-order valence-corrected chi connectivity index (χ4v) is 3.55. The molecule has 0 spiro atoms. The molecule has 8 heteroatoms. The van der Waals surface area contributed by atoms with Gasteiger partial charge in [-0.05, 0) is 50.0 Å². The molecule has 0 amide bonds. The Labute approximate surface area is 163 Å². The highest BCUT2D eigenvalue weighted by Crippen LogP contribution is 2.36. The Kier molecular flexibility index (Phi) is 3.71. The topological polar surface area (TPSA) is 93.6 Å². The Bertz CT molecular complexity index is 1150. The Hall–Kier alpha value is -2.19. The number of phenols is 1. The van der Waals surface area contributed by atoms with Gasteiger partial charge in [0.05, 0.1) is 29.6 Å². The number of carbonyl (C=O) groups excluding carboxylic acids is 1. The number of rotatable bonds is 4. The van der Waals surface area contributed by atoms with Crippen LogP contribution in [0.2, 0.25) is 0 Å². The molecule has 0 saturated heterocycles. The summed E-state index contributed by atoms with van der Waals surface area (Å²) in [6, 6.07) is 0.815. The minimum Gasteiger partial charge on any atom is -0.506 e. The number of fused-ring (bicyclic) bond motifs is 1. The maximum absolute atomic E-state index is 13.2. The average Bonchev–Trinajstić information content (AvgIpc) is 3.03.